The van der Waals surface area contributed by atoms with Gasteiger partial charge in [0, 0.05) is 11.4 Å². The van der Waals surface area contributed by atoms with Gasteiger partial charge in [-0.2, -0.15) is 5.26 Å². The van der Waals surface area contributed by atoms with Crippen molar-refractivity contribution in [2.45, 2.75) is 13.3 Å². The number of benzene rings is 2. The van der Waals surface area contributed by atoms with E-state index in [-0.39, 0.29) is 12.5 Å². The lowest BCUT2D eigenvalue weighted by Gasteiger charge is -2.08. The number of hydrogen-bond acceptors (Lipinski definition) is 3. The Labute approximate surface area is 124 Å². The second kappa shape index (κ2) is 7.11. The molecule has 0 saturated heterocycles. The largest absolute Gasteiger partial charge is 0.376 e. The first kappa shape index (κ1) is 14.6. The van der Waals surface area contributed by atoms with Crippen molar-refractivity contribution in [2.24, 2.45) is 0 Å². The Bertz CT molecular complexity index is 639. The summed E-state index contributed by atoms with van der Waals surface area (Å²) in [7, 11) is 0. The third kappa shape index (κ3) is 4.66. The Morgan fingerprint density at radius 1 is 1.05 bits per heavy atom. The summed E-state index contributed by atoms with van der Waals surface area (Å²) in [4.78, 5) is 11.8. The van der Waals surface area contributed by atoms with Crippen molar-refractivity contribution in [3.8, 4) is 6.07 Å². The summed E-state index contributed by atoms with van der Waals surface area (Å²) in [5.41, 5.74) is 3.77. The second-order valence-electron chi connectivity index (χ2n) is 4.80. The highest BCUT2D eigenvalue weighted by Gasteiger charge is 2.02. The average Bonchev–Trinajstić information content (AvgIpc) is 2.49. The monoisotopic (exact) mass is 279 g/mol. The third-order valence-corrected chi connectivity index (χ3v) is 3.03. The standard InChI is InChI=1S/C17H17N3O/c1-13-2-6-15(7-3-13)19-12-17(21)20-16-8-4-14(5-9-16)10-11-18/h2-9,19H,10,12H2,1H3,(H,20,21). The molecule has 4 heteroatoms. The number of rotatable bonds is 5. The topological polar surface area (TPSA) is 64.9 Å². The van der Waals surface area contributed by atoms with Crippen molar-refractivity contribution in [1.29, 1.82) is 5.26 Å². The lowest BCUT2D eigenvalue weighted by molar-refractivity contribution is -0.114. The van der Waals surface area contributed by atoms with E-state index in [2.05, 4.69) is 16.7 Å². The van der Waals surface area contributed by atoms with Crippen LogP contribution in [0.25, 0.3) is 0 Å². The van der Waals surface area contributed by atoms with Crippen LogP contribution in [0.5, 0.6) is 0 Å². The first-order chi connectivity index (χ1) is 10.2. The maximum atomic E-state index is 11.8. The minimum atomic E-state index is -0.108. The van der Waals surface area contributed by atoms with Crippen molar-refractivity contribution >= 4 is 17.3 Å². The number of anilines is 2. The maximum Gasteiger partial charge on any atom is 0.243 e. The van der Waals surface area contributed by atoms with E-state index in [4.69, 9.17) is 5.26 Å². The Hall–Kier alpha value is -2.80. The van der Waals surface area contributed by atoms with Crippen LogP contribution in [-0.2, 0) is 11.2 Å². The average molecular weight is 279 g/mol. The van der Waals surface area contributed by atoms with Crippen LogP contribution in [0.15, 0.2) is 48.5 Å². The summed E-state index contributed by atoms with van der Waals surface area (Å²) in [6.45, 7) is 2.23. The molecule has 0 fully saturated rings. The zero-order valence-corrected chi connectivity index (χ0v) is 11.9. The lowest BCUT2D eigenvalue weighted by Crippen LogP contribution is -2.21. The molecule has 0 unspecified atom stereocenters. The number of hydrogen-bond donors (Lipinski definition) is 2. The Morgan fingerprint density at radius 3 is 2.29 bits per heavy atom. The zero-order chi connectivity index (χ0) is 15.1. The number of carbonyl (C=O) groups excluding carboxylic acids is 1. The number of aryl methyl sites for hydroxylation is 1. The van der Waals surface area contributed by atoms with E-state index in [0.29, 0.717) is 6.42 Å². The predicted molar refractivity (Wildman–Crippen MR) is 84.1 cm³/mol. The highest BCUT2D eigenvalue weighted by atomic mass is 16.1. The summed E-state index contributed by atoms with van der Waals surface area (Å²) >= 11 is 0. The SMILES string of the molecule is Cc1ccc(NCC(=O)Nc2ccc(CC#N)cc2)cc1. The Morgan fingerprint density at radius 2 is 1.67 bits per heavy atom. The third-order valence-electron chi connectivity index (χ3n) is 3.03. The van der Waals surface area contributed by atoms with Gasteiger partial charge in [-0.05, 0) is 36.8 Å². The fraction of sp³-hybridized carbons (Fsp3) is 0.176. The van der Waals surface area contributed by atoms with Gasteiger partial charge >= 0.3 is 0 Å². The van der Waals surface area contributed by atoms with E-state index in [1.165, 1.54) is 5.56 Å². The molecule has 0 aromatic heterocycles. The summed E-state index contributed by atoms with van der Waals surface area (Å²) in [5, 5.41) is 14.5. The summed E-state index contributed by atoms with van der Waals surface area (Å²) in [6, 6.07) is 17.2. The molecule has 2 aromatic rings. The van der Waals surface area contributed by atoms with Crippen LogP contribution in [0, 0.1) is 18.3 Å². The van der Waals surface area contributed by atoms with Gasteiger partial charge in [0.05, 0.1) is 19.0 Å². The normalized spacial score (nSPS) is 9.71. The van der Waals surface area contributed by atoms with Crippen LogP contribution in [0.4, 0.5) is 11.4 Å². The Balaban J connectivity index is 1.84. The van der Waals surface area contributed by atoms with Gasteiger partial charge in [0.15, 0.2) is 0 Å². The van der Waals surface area contributed by atoms with Crippen LogP contribution < -0.4 is 10.6 Å². The molecule has 0 saturated carbocycles. The predicted octanol–water partition coefficient (Wildman–Crippen LogP) is 3.11. The molecule has 0 spiro atoms. The van der Waals surface area contributed by atoms with Crippen molar-refractivity contribution in [1.82, 2.24) is 0 Å². The Kier molecular flexibility index (Phi) is 4.94. The van der Waals surface area contributed by atoms with Crippen LogP contribution in [0.1, 0.15) is 11.1 Å². The van der Waals surface area contributed by atoms with Crippen molar-refractivity contribution in [3.63, 3.8) is 0 Å². The van der Waals surface area contributed by atoms with E-state index in [1.54, 1.807) is 12.1 Å². The van der Waals surface area contributed by atoms with Crippen LogP contribution >= 0.6 is 0 Å². The number of nitrogens with zero attached hydrogens (tertiary/aromatic N) is 1. The summed E-state index contributed by atoms with van der Waals surface area (Å²) < 4.78 is 0. The van der Waals surface area contributed by atoms with Gasteiger partial charge in [-0.1, -0.05) is 29.8 Å². The first-order valence-electron chi connectivity index (χ1n) is 6.73. The van der Waals surface area contributed by atoms with Gasteiger partial charge in [0.2, 0.25) is 5.91 Å². The van der Waals surface area contributed by atoms with E-state index in [1.807, 2.05) is 43.3 Å². The minimum Gasteiger partial charge on any atom is -0.376 e. The van der Waals surface area contributed by atoms with Gasteiger partial charge in [-0.3, -0.25) is 4.79 Å². The van der Waals surface area contributed by atoms with Crippen LogP contribution in [-0.4, -0.2) is 12.5 Å². The molecular weight excluding hydrogens is 262 g/mol. The fourth-order valence-electron chi connectivity index (χ4n) is 1.86. The fourth-order valence-corrected chi connectivity index (χ4v) is 1.86. The van der Waals surface area contributed by atoms with Gasteiger partial charge < -0.3 is 10.6 Å². The molecular formula is C17H17N3O. The minimum absolute atomic E-state index is 0.108. The highest BCUT2D eigenvalue weighted by Crippen LogP contribution is 2.11. The molecule has 1 amide bonds. The van der Waals surface area contributed by atoms with E-state index in [9.17, 15) is 4.79 Å². The molecule has 21 heavy (non-hydrogen) atoms. The number of nitriles is 1. The molecule has 2 aromatic carbocycles. The molecule has 2 rings (SSSR count). The molecule has 0 aliphatic heterocycles. The number of nitrogens with one attached hydrogen (secondary N) is 2. The quantitative estimate of drug-likeness (QED) is 0.883. The van der Waals surface area contributed by atoms with E-state index in [0.717, 1.165) is 16.9 Å². The van der Waals surface area contributed by atoms with Gasteiger partial charge in [0.1, 0.15) is 0 Å². The number of carbonyl (C=O) groups is 1. The van der Waals surface area contributed by atoms with Gasteiger partial charge in [-0.15, -0.1) is 0 Å². The van der Waals surface area contributed by atoms with E-state index < -0.39 is 0 Å². The summed E-state index contributed by atoms with van der Waals surface area (Å²) in [5.74, 6) is -0.108. The van der Waals surface area contributed by atoms with Crippen LogP contribution in [0.2, 0.25) is 0 Å². The molecule has 0 aliphatic carbocycles. The van der Waals surface area contributed by atoms with Gasteiger partial charge in [0.25, 0.3) is 0 Å². The number of amides is 1. The molecule has 2 N–H and O–H groups in total. The molecule has 0 heterocycles. The van der Waals surface area contributed by atoms with Gasteiger partial charge in [-0.25, -0.2) is 0 Å². The smallest absolute Gasteiger partial charge is 0.243 e. The maximum absolute atomic E-state index is 11.8. The lowest BCUT2D eigenvalue weighted by atomic mass is 10.1. The van der Waals surface area contributed by atoms with Crippen LogP contribution in [0.3, 0.4) is 0 Å². The zero-order valence-electron chi connectivity index (χ0n) is 11.9. The summed E-state index contributed by atoms with van der Waals surface area (Å²) in [6.07, 6.45) is 0.378. The van der Waals surface area contributed by atoms with Crippen molar-refractivity contribution in [2.75, 3.05) is 17.2 Å². The second-order valence-corrected chi connectivity index (χ2v) is 4.80. The molecule has 106 valence electrons. The van der Waals surface area contributed by atoms with Crippen molar-refractivity contribution < 1.29 is 4.79 Å². The molecule has 0 bridgehead atoms. The van der Waals surface area contributed by atoms with E-state index >= 15 is 0 Å². The first-order valence-corrected chi connectivity index (χ1v) is 6.73. The van der Waals surface area contributed by atoms with Crippen molar-refractivity contribution in [3.05, 3.63) is 59.7 Å². The molecule has 0 atom stereocenters. The highest BCUT2D eigenvalue weighted by molar-refractivity contribution is 5.93. The molecule has 0 aliphatic rings. The molecule has 0 radical (unpaired) electrons. The molecule has 4 nitrogen and oxygen atoms in total.